The lowest BCUT2D eigenvalue weighted by molar-refractivity contribution is -0.157. The molecular weight excluding hydrogens is 342 g/mol. The number of piperidine rings is 1. The Morgan fingerprint density at radius 1 is 1.22 bits per heavy atom. The van der Waals surface area contributed by atoms with E-state index in [1.165, 1.54) is 0 Å². The molecule has 1 N–H and O–H groups in total. The summed E-state index contributed by atoms with van der Waals surface area (Å²) in [6.45, 7) is 1.13. The molecule has 2 fully saturated rings. The van der Waals surface area contributed by atoms with Crippen molar-refractivity contribution in [1.82, 2.24) is 15.2 Å². The Morgan fingerprint density at radius 3 is 2.78 bits per heavy atom. The van der Waals surface area contributed by atoms with Crippen LogP contribution in [0, 0.1) is 0 Å². The normalized spacial score (nSPS) is 24.8. The molecule has 140 valence electrons. The van der Waals surface area contributed by atoms with Gasteiger partial charge in [0.25, 0.3) is 0 Å². The third-order valence-electron chi connectivity index (χ3n) is 5.51. The molecule has 6 nitrogen and oxygen atoms in total. The van der Waals surface area contributed by atoms with Gasteiger partial charge in [-0.3, -0.25) is 14.6 Å². The fraction of sp³-hybridized carbons (Fsp3) is 0.381. The van der Waals surface area contributed by atoms with Crippen molar-refractivity contribution >= 4 is 11.8 Å². The van der Waals surface area contributed by atoms with Crippen LogP contribution in [-0.4, -0.2) is 47.5 Å². The lowest BCUT2D eigenvalue weighted by Gasteiger charge is -2.50. The van der Waals surface area contributed by atoms with Crippen molar-refractivity contribution in [2.75, 3.05) is 19.7 Å². The van der Waals surface area contributed by atoms with Crippen LogP contribution in [-0.2, 0) is 26.3 Å². The fourth-order valence-corrected chi connectivity index (χ4v) is 4.04. The predicted octanol–water partition coefficient (Wildman–Crippen LogP) is 1.66. The summed E-state index contributed by atoms with van der Waals surface area (Å²) in [6.07, 6.45) is 5.05. The molecule has 1 aromatic heterocycles. The molecule has 6 heteroatoms. The summed E-state index contributed by atoms with van der Waals surface area (Å²) in [5.41, 5.74) is 1.58. The van der Waals surface area contributed by atoms with Crippen molar-refractivity contribution in [2.45, 2.75) is 30.9 Å². The minimum Gasteiger partial charge on any atom is -0.364 e. The molecule has 4 rings (SSSR count). The number of hydrogen-bond acceptors (Lipinski definition) is 4. The smallest absolute Gasteiger partial charge is 0.246 e. The van der Waals surface area contributed by atoms with E-state index in [4.69, 9.17) is 4.74 Å². The van der Waals surface area contributed by atoms with E-state index in [1.807, 2.05) is 47.4 Å². The highest BCUT2D eigenvalue weighted by atomic mass is 16.5. The van der Waals surface area contributed by atoms with Crippen LogP contribution >= 0.6 is 0 Å². The first-order valence-electron chi connectivity index (χ1n) is 9.32. The largest absolute Gasteiger partial charge is 0.364 e. The quantitative estimate of drug-likeness (QED) is 0.894. The van der Waals surface area contributed by atoms with Gasteiger partial charge in [0.05, 0.1) is 5.54 Å². The first-order chi connectivity index (χ1) is 13.2. The Hall–Kier alpha value is -2.73. The maximum Gasteiger partial charge on any atom is 0.246 e. The number of carbonyl (C=O) groups excluding carboxylic acids is 2. The minimum absolute atomic E-state index is 0.0400. The Bertz CT molecular complexity index is 812. The van der Waals surface area contributed by atoms with Gasteiger partial charge in [-0.15, -0.1) is 0 Å². The number of likely N-dealkylation sites (tertiary alicyclic amines) is 1. The van der Waals surface area contributed by atoms with Crippen LogP contribution in [0.3, 0.4) is 0 Å². The SMILES string of the molecule is O=C1CO[C@@H]2CN(C(=O)CCc3ccncc3)CC[C@@]2(c2ccccc2)N1. The molecule has 0 aliphatic carbocycles. The maximum absolute atomic E-state index is 12.7. The first-order valence-corrected chi connectivity index (χ1v) is 9.32. The summed E-state index contributed by atoms with van der Waals surface area (Å²) < 4.78 is 5.88. The van der Waals surface area contributed by atoms with E-state index in [-0.39, 0.29) is 24.5 Å². The number of nitrogens with zero attached hydrogens (tertiary/aromatic N) is 2. The van der Waals surface area contributed by atoms with Crippen LogP contribution in [0.25, 0.3) is 0 Å². The van der Waals surface area contributed by atoms with Gasteiger partial charge in [-0.2, -0.15) is 0 Å². The van der Waals surface area contributed by atoms with Gasteiger partial charge in [-0.1, -0.05) is 30.3 Å². The second kappa shape index (κ2) is 7.48. The van der Waals surface area contributed by atoms with Gasteiger partial charge in [0, 0.05) is 31.9 Å². The van der Waals surface area contributed by atoms with Crippen LogP contribution in [0.5, 0.6) is 0 Å². The Kier molecular flexibility index (Phi) is 4.90. The molecular formula is C21H23N3O3. The van der Waals surface area contributed by atoms with Crippen molar-refractivity contribution in [3.05, 3.63) is 66.0 Å². The van der Waals surface area contributed by atoms with Crippen molar-refractivity contribution in [3.8, 4) is 0 Å². The van der Waals surface area contributed by atoms with Crippen LogP contribution in [0.4, 0.5) is 0 Å². The minimum atomic E-state index is -0.557. The molecule has 2 aliphatic heterocycles. The number of morpholine rings is 1. The first kappa shape index (κ1) is 17.7. The lowest BCUT2D eigenvalue weighted by atomic mass is 9.77. The molecule has 3 heterocycles. The van der Waals surface area contributed by atoms with Crippen molar-refractivity contribution in [3.63, 3.8) is 0 Å². The number of ether oxygens (including phenoxy) is 1. The molecule has 0 spiro atoms. The molecule has 0 unspecified atom stereocenters. The van der Waals surface area contributed by atoms with Crippen molar-refractivity contribution in [1.29, 1.82) is 0 Å². The topological polar surface area (TPSA) is 71.5 Å². The van der Waals surface area contributed by atoms with Gasteiger partial charge in [-0.05, 0) is 36.1 Å². The number of aryl methyl sites for hydroxylation is 1. The number of benzene rings is 1. The Labute approximate surface area is 158 Å². The number of pyridine rings is 1. The van der Waals surface area contributed by atoms with Crippen LogP contribution in [0.15, 0.2) is 54.9 Å². The molecule has 2 amide bonds. The second-order valence-corrected chi connectivity index (χ2v) is 7.13. The van der Waals surface area contributed by atoms with Gasteiger partial charge in [-0.25, -0.2) is 0 Å². The summed E-state index contributed by atoms with van der Waals surface area (Å²) in [7, 11) is 0. The van der Waals surface area contributed by atoms with Gasteiger partial charge in [0.2, 0.25) is 11.8 Å². The van der Waals surface area contributed by atoms with Crippen molar-refractivity contribution in [2.24, 2.45) is 0 Å². The summed E-state index contributed by atoms with van der Waals surface area (Å²) in [5, 5.41) is 3.16. The third-order valence-corrected chi connectivity index (χ3v) is 5.51. The van der Waals surface area contributed by atoms with Gasteiger partial charge >= 0.3 is 0 Å². The zero-order valence-electron chi connectivity index (χ0n) is 15.1. The number of carbonyl (C=O) groups is 2. The molecule has 2 saturated heterocycles. The highest BCUT2D eigenvalue weighted by Gasteiger charge is 2.49. The van der Waals surface area contributed by atoms with Gasteiger partial charge in [0.15, 0.2) is 0 Å². The molecule has 0 saturated carbocycles. The molecule has 0 bridgehead atoms. The number of aromatic nitrogens is 1. The molecule has 0 radical (unpaired) electrons. The molecule has 27 heavy (non-hydrogen) atoms. The Balaban J connectivity index is 1.47. The summed E-state index contributed by atoms with van der Waals surface area (Å²) in [4.78, 5) is 30.6. The van der Waals surface area contributed by atoms with E-state index in [1.54, 1.807) is 12.4 Å². The average Bonchev–Trinajstić information content (AvgIpc) is 2.73. The zero-order valence-corrected chi connectivity index (χ0v) is 15.1. The zero-order chi connectivity index (χ0) is 18.7. The highest BCUT2D eigenvalue weighted by molar-refractivity contribution is 5.80. The van der Waals surface area contributed by atoms with Crippen molar-refractivity contribution < 1.29 is 14.3 Å². The van der Waals surface area contributed by atoms with E-state index in [2.05, 4.69) is 10.3 Å². The third kappa shape index (κ3) is 3.57. The number of nitrogens with one attached hydrogen (secondary N) is 1. The Morgan fingerprint density at radius 2 is 2.00 bits per heavy atom. The summed E-state index contributed by atoms with van der Waals surface area (Å²) >= 11 is 0. The number of rotatable bonds is 4. The lowest BCUT2D eigenvalue weighted by Crippen LogP contribution is -2.67. The van der Waals surface area contributed by atoms with E-state index in [9.17, 15) is 9.59 Å². The number of amides is 2. The monoisotopic (exact) mass is 365 g/mol. The fourth-order valence-electron chi connectivity index (χ4n) is 4.04. The van der Waals surface area contributed by atoms with E-state index >= 15 is 0 Å². The van der Waals surface area contributed by atoms with Crippen LogP contribution < -0.4 is 5.32 Å². The van der Waals surface area contributed by atoms with Crippen LogP contribution in [0.2, 0.25) is 0 Å². The van der Waals surface area contributed by atoms with Gasteiger partial charge in [0.1, 0.15) is 12.7 Å². The molecule has 2 aromatic rings. The molecule has 1 aromatic carbocycles. The summed E-state index contributed by atoms with van der Waals surface area (Å²) in [5.74, 6) is 0.0153. The van der Waals surface area contributed by atoms with Gasteiger partial charge < -0.3 is 15.0 Å². The standard InChI is InChI=1S/C21H23N3O3/c25-19-15-27-18-14-24(20(26)7-6-16-8-11-22-12-9-16)13-10-21(18,23-19)17-4-2-1-3-5-17/h1-5,8-9,11-12,18H,6-7,10,13-15H2,(H,23,25)/t18-,21+/m1/s1. The van der Waals surface area contributed by atoms with E-state index in [0.29, 0.717) is 32.4 Å². The van der Waals surface area contributed by atoms with E-state index < -0.39 is 5.54 Å². The second-order valence-electron chi connectivity index (χ2n) is 7.13. The average molecular weight is 365 g/mol. The predicted molar refractivity (Wildman–Crippen MR) is 99.8 cm³/mol. The number of hydrogen-bond donors (Lipinski definition) is 1. The molecule has 2 aliphatic rings. The number of fused-ring (bicyclic) bond motifs is 1. The molecule has 2 atom stereocenters. The maximum atomic E-state index is 12.7. The van der Waals surface area contributed by atoms with E-state index in [0.717, 1.165) is 11.1 Å². The van der Waals surface area contributed by atoms with Crippen LogP contribution in [0.1, 0.15) is 24.0 Å². The summed E-state index contributed by atoms with van der Waals surface area (Å²) in [6, 6.07) is 13.8. The highest BCUT2D eigenvalue weighted by Crippen LogP contribution is 2.37.